The minimum Gasteiger partial charge on any atom is -0.493 e. The Balaban J connectivity index is 1.54. The molecule has 0 atom stereocenters. The molecule has 1 aromatic heterocycles. The Labute approximate surface area is 203 Å². The van der Waals surface area contributed by atoms with Gasteiger partial charge in [0.05, 0.1) is 18.8 Å². The van der Waals surface area contributed by atoms with Gasteiger partial charge in [0.25, 0.3) is 5.91 Å². The monoisotopic (exact) mass is 457 g/mol. The van der Waals surface area contributed by atoms with E-state index < -0.39 is 0 Å². The van der Waals surface area contributed by atoms with E-state index >= 15 is 0 Å². The molecular weight excluding hydrogens is 422 g/mol. The molecule has 3 aromatic rings. The van der Waals surface area contributed by atoms with Gasteiger partial charge in [0.1, 0.15) is 5.75 Å². The van der Waals surface area contributed by atoms with Crippen LogP contribution in [0.15, 0.2) is 66.9 Å². The average molecular weight is 458 g/mol. The molecule has 1 aliphatic rings. The van der Waals surface area contributed by atoms with Gasteiger partial charge in [-0.2, -0.15) is 0 Å². The molecule has 5 heteroatoms. The van der Waals surface area contributed by atoms with Gasteiger partial charge in [-0.15, -0.1) is 0 Å². The summed E-state index contributed by atoms with van der Waals surface area (Å²) < 4.78 is 6.19. The van der Waals surface area contributed by atoms with Crippen LogP contribution in [0.5, 0.6) is 5.75 Å². The summed E-state index contributed by atoms with van der Waals surface area (Å²) in [6.45, 7) is 6.60. The molecule has 1 N–H and O–H groups in total. The number of pyridine rings is 1. The van der Waals surface area contributed by atoms with Crippen molar-refractivity contribution in [3.8, 4) is 5.75 Å². The number of rotatable bonds is 5. The topological polar surface area (TPSA) is 54.5 Å². The van der Waals surface area contributed by atoms with Gasteiger partial charge in [0.15, 0.2) is 0 Å². The number of hydrogen-bond acceptors (Lipinski definition) is 4. The number of hydrogen-bond donors (Lipinski definition) is 1. The zero-order valence-corrected chi connectivity index (χ0v) is 20.1. The molecule has 0 spiro atoms. The lowest BCUT2D eigenvalue weighted by molar-refractivity contribution is 0.0950. The Kier molecular flexibility index (Phi) is 8.69. The Hall–Kier alpha value is -3.18. The Bertz CT molecular complexity index is 1070. The normalized spacial score (nSPS) is 15.0. The van der Waals surface area contributed by atoms with Crippen LogP contribution in [0, 0.1) is 0 Å². The maximum absolute atomic E-state index is 12.9. The van der Waals surface area contributed by atoms with E-state index in [-0.39, 0.29) is 5.91 Å². The van der Waals surface area contributed by atoms with Crippen LogP contribution in [0.3, 0.4) is 0 Å². The Morgan fingerprint density at radius 3 is 2.79 bits per heavy atom. The van der Waals surface area contributed by atoms with Gasteiger partial charge < -0.3 is 10.1 Å². The molecule has 0 radical (unpaired) electrons. The molecule has 2 heterocycles. The number of aromatic nitrogens is 1. The molecule has 0 fully saturated rings. The smallest absolute Gasteiger partial charge is 0.251 e. The fourth-order valence-corrected chi connectivity index (χ4v) is 4.47. The zero-order chi connectivity index (χ0) is 23.6. The quantitative estimate of drug-likeness (QED) is 0.559. The third kappa shape index (κ3) is 6.91. The van der Waals surface area contributed by atoms with Gasteiger partial charge >= 0.3 is 0 Å². The standard InChI is InChI=1S/C29H35N3O2/c1-2-15-32-16-6-3-7-17-34-28-13-12-25(29(33)31-21-27-11-4-5-14-30-27)20-26(28)19-23-9-8-10-24(18-23)22-32/h4-5,8-14,18,20H,2-3,6-7,15-17,19,21-22H2,1H3,(H,31,33). The van der Waals surface area contributed by atoms with Crippen LogP contribution in [0.25, 0.3) is 0 Å². The van der Waals surface area contributed by atoms with Crippen LogP contribution in [-0.4, -0.2) is 35.5 Å². The molecule has 1 aliphatic heterocycles. The number of benzene rings is 2. The summed E-state index contributed by atoms with van der Waals surface area (Å²) >= 11 is 0. The van der Waals surface area contributed by atoms with Gasteiger partial charge in [-0.05, 0) is 85.8 Å². The van der Waals surface area contributed by atoms with Gasteiger partial charge in [0, 0.05) is 24.7 Å². The maximum Gasteiger partial charge on any atom is 0.251 e. The predicted octanol–water partition coefficient (Wildman–Crippen LogP) is 5.38. The molecule has 178 valence electrons. The van der Waals surface area contributed by atoms with Crippen LogP contribution in [0.2, 0.25) is 0 Å². The molecule has 2 aromatic carbocycles. The van der Waals surface area contributed by atoms with E-state index in [1.165, 1.54) is 24.0 Å². The largest absolute Gasteiger partial charge is 0.493 e. The van der Waals surface area contributed by atoms with Gasteiger partial charge in [-0.3, -0.25) is 14.7 Å². The maximum atomic E-state index is 12.9. The highest BCUT2D eigenvalue weighted by atomic mass is 16.5. The first-order valence-electron chi connectivity index (χ1n) is 12.5. The van der Waals surface area contributed by atoms with Crippen molar-refractivity contribution in [3.05, 3.63) is 94.8 Å². The molecule has 34 heavy (non-hydrogen) atoms. The van der Waals surface area contributed by atoms with Crippen LogP contribution in [0.1, 0.15) is 65.3 Å². The molecule has 2 bridgehead atoms. The second-order valence-corrected chi connectivity index (χ2v) is 9.01. The number of nitrogens with one attached hydrogen (secondary N) is 1. The molecule has 1 amide bonds. The van der Waals surface area contributed by atoms with Crippen LogP contribution >= 0.6 is 0 Å². The van der Waals surface area contributed by atoms with Gasteiger partial charge in [-0.1, -0.05) is 37.3 Å². The van der Waals surface area contributed by atoms with E-state index in [1.54, 1.807) is 6.20 Å². The van der Waals surface area contributed by atoms with E-state index in [0.29, 0.717) is 18.7 Å². The Morgan fingerprint density at radius 2 is 1.94 bits per heavy atom. The second kappa shape index (κ2) is 12.3. The molecule has 4 rings (SSSR count). The summed E-state index contributed by atoms with van der Waals surface area (Å²) in [6.07, 6.45) is 7.02. The number of ether oxygens (including phenoxy) is 1. The lowest BCUT2D eigenvalue weighted by atomic mass is 9.99. The molecule has 5 nitrogen and oxygen atoms in total. The van der Waals surface area contributed by atoms with E-state index in [2.05, 4.69) is 46.4 Å². The SMILES string of the molecule is CCCN1CCCCCOc2ccc(C(=O)NCc3ccccn3)cc2Cc2cccc(c2)C1. The first kappa shape index (κ1) is 24.0. The van der Waals surface area contributed by atoms with Crippen molar-refractivity contribution in [1.29, 1.82) is 0 Å². The summed E-state index contributed by atoms with van der Waals surface area (Å²) in [5.74, 6) is 0.771. The minimum atomic E-state index is -0.100. The zero-order valence-electron chi connectivity index (χ0n) is 20.1. The van der Waals surface area contributed by atoms with E-state index in [4.69, 9.17) is 4.74 Å². The second-order valence-electron chi connectivity index (χ2n) is 9.01. The average Bonchev–Trinajstić information content (AvgIpc) is 2.86. The van der Waals surface area contributed by atoms with Crippen molar-refractivity contribution in [2.45, 2.75) is 52.1 Å². The fourth-order valence-electron chi connectivity index (χ4n) is 4.47. The van der Waals surface area contributed by atoms with Crippen molar-refractivity contribution >= 4 is 5.91 Å². The predicted molar refractivity (Wildman–Crippen MR) is 136 cm³/mol. The summed E-state index contributed by atoms with van der Waals surface area (Å²) in [7, 11) is 0. The third-order valence-corrected chi connectivity index (χ3v) is 6.19. The molecule has 0 saturated heterocycles. The van der Waals surface area contributed by atoms with E-state index in [0.717, 1.165) is 55.9 Å². The summed E-state index contributed by atoms with van der Waals surface area (Å²) in [5, 5.41) is 2.98. The fraction of sp³-hybridized carbons (Fsp3) is 0.379. The van der Waals surface area contributed by atoms with E-state index in [1.807, 2.05) is 36.4 Å². The lowest BCUT2D eigenvalue weighted by Gasteiger charge is -2.22. The third-order valence-electron chi connectivity index (χ3n) is 6.19. The summed E-state index contributed by atoms with van der Waals surface area (Å²) in [6, 6.07) is 20.3. The lowest BCUT2D eigenvalue weighted by Crippen LogP contribution is -2.25. The Morgan fingerprint density at radius 1 is 1.03 bits per heavy atom. The van der Waals surface area contributed by atoms with Crippen molar-refractivity contribution in [1.82, 2.24) is 15.2 Å². The minimum absolute atomic E-state index is 0.100. The van der Waals surface area contributed by atoms with Crippen molar-refractivity contribution in [3.63, 3.8) is 0 Å². The number of fused-ring (bicyclic) bond motifs is 3. The van der Waals surface area contributed by atoms with Crippen LogP contribution in [0.4, 0.5) is 0 Å². The molecular formula is C29H35N3O2. The molecule has 0 aliphatic carbocycles. The number of carbonyl (C=O) groups is 1. The van der Waals surface area contributed by atoms with Crippen molar-refractivity contribution in [2.75, 3.05) is 19.7 Å². The van der Waals surface area contributed by atoms with Crippen LogP contribution in [-0.2, 0) is 19.5 Å². The first-order chi connectivity index (χ1) is 16.7. The summed E-state index contributed by atoms with van der Waals surface area (Å²) in [4.78, 5) is 19.7. The van der Waals surface area contributed by atoms with E-state index in [9.17, 15) is 4.79 Å². The highest BCUT2D eigenvalue weighted by Gasteiger charge is 2.13. The highest BCUT2D eigenvalue weighted by molar-refractivity contribution is 5.94. The first-order valence-corrected chi connectivity index (χ1v) is 12.5. The van der Waals surface area contributed by atoms with Crippen molar-refractivity contribution in [2.24, 2.45) is 0 Å². The molecule has 0 saturated carbocycles. The summed E-state index contributed by atoms with van der Waals surface area (Å²) in [5.41, 5.74) is 5.11. The van der Waals surface area contributed by atoms with Gasteiger partial charge in [-0.25, -0.2) is 0 Å². The highest BCUT2D eigenvalue weighted by Crippen LogP contribution is 2.25. The molecule has 0 unspecified atom stereocenters. The number of nitrogens with zero attached hydrogens (tertiary/aromatic N) is 2. The van der Waals surface area contributed by atoms with Crippen molar-refractivity contribution < 1.29 is 9.53 Å². The number of amides is 1. The van der Waals surface area contributed by atoms with Crippen LogP contribution < -0.4 is 10.1 Å². The number of carbonyl (C=O) groups excluding carboxylic acids is 1. The van der Waals surface area contributed by atoms with Gasteiger partial charge in [0.2, 0.25) is 0 Å².